The van der Waals surface area contributed by atoms with Crippen molar-refractivity contribution in [1.82, 2.24) is 14.8 Å². The number of carboxylic acids is 2. The number of carboxylic acid groups (broad SMARTS) is 2. The summed E-state index contributed by atoms with van der Waals surface area (Å²) in [4.78, 5) is 23.4. The first-order chi connectivity index (χ1) is 11.1. The van der Waals surface area contributed by atoms with Gasteiger partial charge in [-0.1, -0.05) is 18.2 Å². The van der Waals surface area contributed by atoms with E-state index in [1.54, 1.807) is 6.20 Å². The van der Waals surface area contributed by atoms with E-state index in [0.29, 0.717) is 12.2 Å². The van der Waals surface area contributed by atoms with Crippen molar-refractivity contribution in [2.75, 3.05) is 0 Å². The Labute approximate surface area is 131 Å². The Kier molecular flexibility index (Phi) is 5.19. The summed E-state index contributed by atoms with van der Waals surface area (Å²) in [6, 6.07) is 13.9. The first-order valence-corrected chi connectivity index (χ1v) is 6.56. The maximum atomic E-state index is 9.55. The maximum absolute atomic E-state index is 9.55. The quantitative estimate of drug-likeness (QED) is 0.718. The van der Waals surface area contributed by atoms with Gasteiger partial charge in [-0.3, -0.25) is 0 Å². The highest BCUT2D eigenvalue weighted by Gasteiger charge is 2.03. The molecule has 3 aromatic rings. The van der Waals surface area contributed by atoms with Gasteiger partial charge in [0.2, 0.25) is 0 Å². The summed E-state index contributed by atoms with van der Waals surface area (Å²) >= 11 is 0. The number of nitrogens with zero attached hydrogens (tertiary/aromatic N) is 3. The summed E-state index contributed by atoms with van der Waals surface area (Å²) < 4.78 is 1.84. The number of aliphatic carboxylic acids is 2. The van der Waals surface area contributed by atoms with E-state index in [2.05, 4.69) is 10.1 Å². The summed E-state index contributed by atoms with van der Waals surface area (Å²) in [7, 11) is 0. The summed E-state index contributed by atoms with van der Waals surface area (Å²) in [6.45, 7) is 0. The van der Waals surface area contributed by atoms with E-state index in [4.69, 9.17) is 10.2 Å². The van der Waals surface area contributed by atoms with Crippen LogP contribution in [-0.2, 0) is 9.59 Å². The largest absolute Gasteiger partial charge is 0.478 e. The number of hydrogen-bond donors (Lipinski definition) is 2. The standard InChI is InChI=1S/C12H9N3.C4H4O4/c1-2-6-11(7-3-1)15-12-10(9-14-15)5-4-8-13-12;5-3(6)1-2-4(7)8/h1-9H;1-2H,(H,5,6)(H,7,8)/b;2-1-. The lowest BCUT2D eigenvalue weighted by molar-refractivity contribution is -0.134. The van der Waals surface area contributed by atoms with Crippen LogP contribution < -0.4 is 0 Å². The normalized spacial score (nSPS) is 10.3. The van der Waals surface area contributed by atoms with Crippen LogP contribution in [0, 0.1) is 0 Å². The Hall–Kier alpha value is -3.48. The third-order valence-electron chi connectivity index (χ3n) is 2.70. The number of carbonyl (C=O) groups is 2. The summed E-state index contributed by atoms with van der Waals surface area (Å²) in [5, 5.41) is 21.0. The van der Waals surface area contributed by atoms with Crippen molar-refractivity contribution in [1.29, 1.82) is 0 Å². The molecule has 0 spiro atoms. The van der Waals surface area contributed by atoms with E-state index in [9.17, 15) is 9.59 Å². The molecule has 2 aromatic heterocycles. The number of para-hydroxylation sites is 1. The second kappa shape index (κ2) is 7.51. The van der Waals surface area contributed by atoms with Crippen molar-refractivity contribution < 1.29 is 19.8 Å². The van der Waals surface area contributed by atoms with Gasteiger partial charge in [0.1, 0.15) is 0 Å². The van der Waals surface area contributed by atoms with Crippen LogP contribution in [0.4, 0.5) is 0 Å². The van der Waals surface area contributed by atoms with Gasteiger partial charge in [-0.05, 0) is 24.3 Å². The Morgan fingerprint density at radius 1 is 0.957 bits per heavy atom. The van der Waals surface area contributed by atoms with Crippen molar-refractivity contribution >= 4 is 23.0 Å². The molecule has 0 saturated heterocycles. The Balaban J connectivity index is 0.000000207. The van der Waals surface area contributed by atoms with E-state index in [0.717, 1.165) is 16.7 Å². The minimum atomic E-state index is -1.26. The van der Waals surface area contributed by atoms with Crippen molar-refractivity contribution in [3.63, 3.8) is 0 Å². The topological polar surface area (TPSA) is 105 Å². The lowest BCUT2D eigenvalue weighted by Gasteiger charge is -2.00. The summed E-state index contributed by atoms with van der Waals surface area (Å²) in [5.41, 5.74) is 1.93. The third kappa shape index (κ3) is 4.50. The van der Waals surface area contributed by atoms with Crippen molar-refractivity contribution in [3.05, 3.63) is 67.0 Å². The monoisotopic (exact) mass is 311 g/mol. The zero-order valence-corrected chi connectivity index (χ0v) is 11.9. The smallest absolute Gasteiger partial charge is 0.328 e. The van der Waals surface area contributed by atoms with Gasteiger partial charge in [0.25, 0.3) is 0 Å². The van der Waals surface area contributed by atoms with E-state index in [1.165, 1.54) is 0 Å². The molecule has 116 valence electrons. The van der Waals surface area contributed by atoms with Crippen molar-refractivity contribution in [3.8, 4) is 5.69 Å². The molecule has 0 fully saturated rings. The van der Waals surface area contributed by atoms with Crippen LogP contribution in [0.3, 0.4) is 0 Å². The molecule has 0 aliphatic rings. The zero-order valence-electron chi connectivity index (χ0n) is 11.9. The number of benzene rings is 1. The van der Waals surface area contributed by atoms with Crippen molar-refractivity contribution in [2.45, 2.75) is 0 Å². The van der Waals surface area contributed by atoms with Gasteiger partial charge in [0.15, 0.2) is 5.65 Å². The van der Waals surface area contributed by atoms with E-state index in [1.807, 2.05) is 53.3 Å². The fraction of sp³-hybridized carbons (Fsp3) is 0. The van der Waals surface area contributed by atoms with Gasteiger partial charge in [-0.2, -0.15) is 5.10 Å². The zero-order chi connectivity index (χ0) is 16.7. The molecule has 0 aliphatic heterocycles. The lowest BCUT2D eigenvalue weighted by Crippen LogP contribution is -1.96. The van der Waals surface area contributed by atoms with E-state index >= 15 is 0 Å². The molecular formula is C16H13N3O4. The second-order valence-electron chi connectivity index (χ2n) is 4.32. The van der Waals surface area contributed by atoms with Gasteiger partial charge in [0, 0.05) is 23.7 Å². The molecule has 0 aliphatic carbocycles. The number of pyridine rings is 1. The highest BCUT2D eigenvalue weighted by atomic mass is 16.4. The molecule has 1 aromatic carbocycles. The maximum Gasteiger partial charge on any atom is 0.328 e. The molecule has 0 unspecified atom stereocenters. The van der Waals surface area contributed by atoms with Gasteiger partial charge in [0.05, 0.1) is 11.9 Å². The number of aromatic nitrogens is 3. The van der Waals surface area contributed by atoms with Crippen LogP contribution in [0.15, 0.2) is 67.0 Å². The second-order valence-corrected chi connectivity index (χ2v) is 4.32. The molecule has 0 amide bonds. The molecular weight excluding hydrogens is 298 g/mol. The molecule has 2 heterocycles. The molecule has 23 heavy (non-hydrogen) atoms. The summed E-state index contributed by atoms with van der Waals surface area (Å²) in [6.07, 6.45) is 4.73. The molecule has 3 rings (SSSR count). The first-order valence-electron chi connectivity index (χ1n) is 6.56. The lowest BCUT2D eigenvalue weighted by atomic mass is 10.3. The number of hydrogen-bond acceptors (Lipinski definition) is 4. The molecule has 0 saturated carbocycles. The molecule has 7 nitrogen and oxygen atoms in total. The van der Waals surface area contributed by atoms with Gasteiger partial charge in [-0.15, -0.1) is 0 Å². The molecule has 7 heteroatoms. The fourth-order valence-corrected chi connectivity index (χ4v) is 1.76. The minimum absolute atomic E-state index is 0.558. The number of fused-ring (bicyclic) bond motifs is 1. The van der Waals surface area contributed by atoms with Crippen LogP contribution >= 0.6 is 0 Å². The highest BCUT2D eigenvalue weighted by Crippen LogP contribution is 2.14. The highest BCUT2D eigenvalue weighted by molar-refractivity contribution is 5.89. The minimum Gasteiger partial charge on any atom is -0.478 e. The van der Waals surface area contributed by atoms with Crippen molar-refractivity contribution in [2.24, 2.45) is 0 Å². The third-order valence-corrected chi connectivity index (χ3v) is 2.70. The molecule has 0 bridgehead atoms. The Bertz CT molecular complexity index is 825. The van der Waals surface area contributed by atoms with Gasteiger partial charge >= 0.3 is 11.9 Å². The van der Waals surface area contributed by atoms with Gasteiger partial charge in [-0.25, -0.2) is 19.3 Å². The molecule has 0 atom stereocenters. The van der Waals surface area contributed by atoms with Crippen LogP contribution in [0.1, 0.15) is 0 Å². The first kappa shape index (κ1) is 15.9. The Morgan fingerprint density at radius 3 is 2.22 bits per heavy atom. The summed E-state index contributed by atoms with van der Waals surface area (Å²) in [5.74, 6) is -2.51. The fourth-order valence-electron chi connectivity index (χ4n) is 1.76. The SMILES string of the molecule is O=C(O)/C=C\C(=O)O.c1ccc(-n2ncc3cccnc32)cc1. The van der Waals surface area contributed by atoms with E-state index < -0.39 is 11.9 Å². The predicted molar refractivity (Wildman–Crippen MR) is 83.3 cm³/mol. The number of rotatable bonds is 3. The average Bonchev–Trinajstić information content (AvgIpc) is 2.98. The van der Waals surface area contributed by atoms with Gasteiger partial charge < -0.3 is 10.2 Å². The molecule has 0 radical (unpaired) electrons. The Morgan fingerprint density at radius 2 is 1.61 bits per heavy atom. The van der Waals surface area contributed by atoms with E-state index in [-0.39, 0.29) is 0 Å². The average molecular weight is 311 g/mol. The van der Waals surface area contributed by atoms with Crippen LogP contribution in [0.2, 0.25) is 0 Å². The van der Waals surface area contributed by atoms with Crippen LogP contribution in [0.25, 0.3) is 16.7 Å². The molecule has 2 N–H and O–H groups in total. The van der Waals surface area contributed by atoms with Crippen LogP contribution in [0.5, 0.6) is 0 Å². The predicted octanol–water partition coefficient (Wildman–Crippen LogP) is 2.13. The van der Waals surface area contributed by atoms with Crippen LogP contribution in [-0.4, -0.2) is 36.9 Å².